The molecule has 1 aliphatic carbocycles. The number of fused-ring (bicyclic) bond motifs is 1. The summed E-state index contributed by atoms with van der Waals surface area (Å²) in [6.07, 6.45) is 1.82. The molecule has 3 aromatic rings. The summed E-state index contributed by atoms with van der Waals surface area (Å²) in [7, 11) is 1.63. The van der Waals surface area contributed by atoms with Gasteiger partial charge in [0.05, 0.1) is 40.9 Å². The Morgan fingerprint density at radius 2 is 2.06 bits per heavy atom. The average molecular weight is 461 g/mol. The Morgan fingerprint density at radius 1 is 1.25 bits per heavy atom. The minimum Gasteiger partial charge on any atom is -0.396 e. The van der Waals surface area contributed by atoms with E-state index in [0.717, 1.165) is 20.8 Å². The van der Waals surface area contributed by atoms with Crippen LogP contribution in [0.4, 0.5) is 11.8 Å². The van der Waals surface area contributed by atoms with Gasteiger partial charge in [-0.05, 0) is 26.3 Å². The van der Waals surface area contributed by atoms with E-state index in [-0.39, 0.29) is 12.6 Å². The molecule has 0 saturated heterocycles. The van der Waals surface area contributed by atoms with Crippen LogP contribution in [-0.4, -0.2) is 79.9 Å². The van der Waals surface area contributed by atoms with Crippen LogP contribution in [0.25, 0.3) is 20.8 Å². The van der Waals surface area contributed by atoms with Gasteiger partial charge >= 0.3 is 0 Å². The van der Waals surface area contributed by atoms with E-state index in [9.17, 15) is 15.3 Å². The van der Waals surface area contributed by atoms with E-state index in [0.29, 0.717) is 30.5 Å². The summed E-state index contributed by atoms with van der Waals surface area (Å²) < 4.78 is 6.18. The molecule has 4 rings (SSSR count). The zero-order valence-corrected chi connectivity index (χ0v) is 19.0. The molecular formula is C21H28N6O4S. The molecule has 0 unspecified atom stereocenters. The van der Waals surface area contributed by atoms with Crippen LogP contribution in [0.1, 0.15) is 19.0 Å². The molecule has 0 radical (unpaired) electrons. The largest absolute Gasteiger partial charge is 0.396 e. The van der Waals surface area contributed by atoms with Crippen LogP contribution in [0, 0.1) is 12.8 Å². The number of nitrogens with zero attached hydrogens (tertiary/aromatic N) is 4. The number of aliphatic hydroxyl groups excluding tert-OH is 3. The summed E-state index contributed by atoms with van der Waals surface area (Å²) in [4.78, 5) is 18.2. The van der Waals surface area contributed by atoms with Crippen LogP contribution in [0.3, 0.4) is 0 Å². The lowest BCUT2D eigenvalue weighted by Gasteiger charge is -2.22. The Morgan fingerprint density at radius 3 is 2.75 bits per heavy atom. The zero-order valence-electron chi connectivity index (χ0n) is 18.2. The summed E-state index contributed by atoms with van der Waals surface area (Å²) in [5.41, 5.74) is 2.23. The number of hydrogen-bond acceptors (Lipinski definition) is 11. The number of hydrogen-bond donors (Lipinski definition) is 5. The van der Waals surface area contributed by atoms with Gasteiger partial charge in [0.1, 0.15) is 22.4 Å². The number of rotatable bonds is 8. The van der Waals surface area contributed by atoms with Gasteiger partial charge in [-0.3, -0.25) is 4.98 Å². The number of anilines is 2. The van der Waals surface area contributed by atoms with Gasteiger partial charge in [0.2, 0.25) is 5.95 Å². The number of aromatic nitrogens is 4. The molecule has 11 heteroatoms. The van der Waals surface area contributed by atoms with E-state index in [1.807, 2.05) is 19.9 Å². The van der Waals surface area contributed by atoms with E-state index in [4.69, 9.17) is 9.72 Å². The number of methoxy groups -OCH3 is 1. The third-order valence-corrected chi connectivity index (χ3v) is 6.70. The van der Waals surface area contributed by atoms with Crippen LogP contribution >= 0.6 is 11.3 Å². The standard InChI is InChI=1S/C21H28N6O4S/c1-10(9-31-3)23-21-24-11(2)16(20-26-14-7-22-5-4-15(14)32-20)19(27-21)25-13-6-12(8-28)17(29)18(13)30/h4-5,7,10,12-13,17-18,28-30H,6,8-9H2,1-3H3,(H2,23,24,25,27)/t10-,12-,13-,17-,18+/m1/s1. The first-order valence-corrected chi connectivity index (χ1v) is 11.3. The first-order chi connectivity index (χ1) is 15.4. The normalized spacial score (nSPS) is 24.1. The topological polar surface area (TPSA) is 146 Å². The Kier molecular flexibility index (Phi) is 6.82. The molecular weight excluding hydrogens is 432 g/mol. The van der Waals surface area contributed by atoms with Crippen molar-refractivity contribution in [1.29, 1.82) is 0 Å². The fourth-order valence-electron chi connectivity index (χ4n) is 4.02. The number of nitrogens with one attached hydrogen (secondary N) is 2. The minimum atomic E-state index is -1.03. The van der Waals surface area contributed by atoms with Crippen molar-refractivity contribution < 1.29 is 20.1 Å². The lowest BCUT2D eigenvalue weighted by molar-refractivity contribution is 0.00446. The summed E-state index contributed by atoms with van der Waals surface area (Å²) in [5.74, 6) is 0.529. The Balaban J connectivity index is 1.74. The number of aryl methyl sites for hydroxylation is 1. The molecule has 172 valence electrons. The number of aliphatic hydroxyl groups is 3. The molecule has 1 fully saturated rings. The van der Waals surface area contributed by atoms with Crippen molar-refractivity contribution in [3.63, 3.8) is 0 Å². The monoisotopic (exact) mass is 460 g/mol. The molecule has 10 nitrogen and oxygen atoms in total. The summed E-state index contributed by atoms with van der Waals surface area (Å²) in [6, 6.07) is 1.42. The molecule has 3 aromatic heterocycles. The smallest absolute Gasteiger partial charge is 0.225 e. The van der Waals surface area contributed by atoms with Crippen LogP contribution in [-0.2, 0) is 4.74 Å². The summed E-state index contributed by atoms with van der Waals surface area (Å²) >= 11 is 1.51. The van der Waals surface area contributed by atoms with E-state index in [1.54, 1.807) is 19.5 Å². The SMILES string of the molecule is COC[C@@H](C)Nc1nc(C)c(-c2nc3cnccc3s2)c(N[C@@H]2C[C@H](CO)[C@@H](O)[C@H]2O)n1. The second-order valence-electron chi connectivity index (χ2n) is 8.13. The van der Waals surface area contributed by atoms with Crippen LogP contribution in [0.15, 0.2) is 18.5 Å². The van der Waals surface area contributed by atoms with Gasteiger partial charge in [0.15, 0.2) is 0 Å². The van der Waals surface area contributed by atoms with Crippen molar-refractivity contribution in [1.82, 2.24) is 19.9 Å². The quantitative estimate of drug-likeness (QED) is 0.334. The molecule has 32 heavy (non-hydrogen) atoms. The Labute approximate surface area is 189 Å². The number of ether oxygens (including phenoxy) is 1. The van der Waals surface area contributed by atoms with Gasteiger partial charge < -0.3 is 30.7 Å². The van der Waals surface area contributed by atoms with E-state index in [1.165, 1.54) is 11.3 Å². The predicted octanol–water partition coefficient (Wildman–Crippen LogP) is 1.42. The molecule has 0 aromatic carbocycles. The van der Waals surface area contributed by atoms with Gasteiger partial charge in [-0.15, -0.1) is 11.3 Å². The fraction of sp³-hybridized carbons (Fsp3) is 0.524. The average Bonchev–Trinajstić information content (AvgIpc) is 3.29. The lowest BCUT2D eigenvalue weighted by atomic mass is 10.1. The van der Waals surface area contributed by atoms with Gasteiger partial charge in [0.25, 0.3) is 0 Å². The van der Waals surface area contributed by atoms with Gasteiger partial charge in [-0.25, -0.2) is 9.97 Å². The molecule has 0 aliphatic heterocycles. The van der Waals surface area contributed by atoms with Crippen molar-refractivity contribution >= 4 is 33.3 Å². The highest BCUT2D eigenvalue weighted by Crippen LogP contribution is 2.37. The summed E-state index contributed by atoms with van der Waals surface area (Å²) in [5, 5.41) is 37.6. The van der Waals surface area contributed by atoms with E-state index >= 15 is 0 Å². The third-order valence-electron chi connectivity index (χ3n) is 5.64. The fourth-order valence-corrected chi connectivity index (χ4v) is 5.05. The van der Waals surface area contributed by atoms with Crippen molar-refractivity contribution in [2.24, 2.45) is 5.92 Å². The Hall–Kier alpha value is -2.44. The van der Waals surface area contributed by atoms with E-state index < -0.39 is 24.2 Å². The molecule has 1 aliphatic rings. The number of pyridine rings is 1. The highest BCUT2D eigenvalue weighted by Gasteiger charge is 2.41. The number of thiazole rings is 1. The minimum absolute atomic E-state index is 0.00992. The summed E-state index contributed by atoms with van der Waals surface area (Å²) in [6.45, 7) is 4.14. The van der Waals surface area contributed by atoms with Crippen molar-refractivity contribution in [2.45, 2.75) is 44.6 Å². The van der Waals surface area contributed by atoms with Gasteiger partial charge in [-0.2, -0.15) is 4.98 Å². The molecule has 1 saturated carbocycles. The molecule has 5 N–H and O–H groups in total. The van der Waals surface area contributed by atoms with Crippen molar-refractivity contribution in [2.75, 3.05) is 31.0 Å². The second kappa shape index (κ2) is 9.59. The molecule has 0 amide bonds. The van der Waals surface area contributed by atoms with Crippen LogP contribution in [0.2, 0.25) is 0 Å². The van der Waals surface area contributed by atoms with Crippen molar-refractivity contribution in [3.05, 3.63) is 24.2 Å². The second-order valence-corrected chi connectivity index (χ2v) is 9.16. The zero-order chi connectivity index (χ0) is 22.8. The molecule has 3 heterocycles. The first-order valence-electron chi connectivity index (χ1n) is 10.5. The van der Waals surface area contributed by atoms with Crippen LogP contribution in [0.5, 0.6) is 0 Å². The molecule has 5 atom stereocenters. The third kappa shape index (κ3) is 4.52. The van der Waals surface area contributed by atoms with Crippen LogP contribution < -0.4 is 10.6 Å². The lowest BCUT2D eigenvalue weighted by Crippen LogP contribution is -2.36. The molecule has 0 spiro atoms. The van der Waals surface area contributed by atoms with Gasteiger partial charge in [-0.1, -0.05) is 0 Å². The highest BCUT2D eigenvalue weighted by atomic mass is 32.1. The highest BCUT2D eigenvalue weighted by molar-refractivity contribution is 7.21. The van der Waals surface area contributed by atoms with Crippen molar-refractivity contribution in [3.8, 4) is 10.6 Å². The Bertz CT molecular complexity index is 1050. The maximum Gasteiger partial charge on any atom is 0.225 e. The predicted molar refractivity (Wildman–Crippen MR) is 123 cm³/mol. The molecule has 0 bridgehead atoms. The maximum atomic E-state index is 10.5. The van der Waals surface area contributed by atoms with E-state index in [2.05, 4.69) is 25.6 Å². The maximum absolute atomic E-state index is 10.5. The first kappa shape index (κ1) is 22.7. The van der Waals surface area contributed by atoms with Gasteiger partial charge in [0, 0.05) is 31.9 Å².